The Bertz CT molecular complexity index is 557. The molecule has 0 spiro atoms. The van der Waals surface area contributed by atoms with Gasteiger partial charge in [0, 0.05) is 0 Å². The minimum atomic E-state index is -0.859. The molecule has 1 aromatic carbocycles. The highest BCUT2D eigenvalue weighted by molar-refractivity contribution is 5.83. The highest BCUT2D eigenvalue weighted by Gasteiger charge is 2.09. The lowest BCUT2D eigenvalue weighted by Crippen LogP contribution is -2.14. The maximum absolute atomic E-state index is 12.9. The first kappa shape index (κ1) is 12.0. The van der Waals surface area contributed by atoms with Crippen LogP contribution in [0.3, 0.4) is 0 Å². The molecule has 2 aromatic rings. The molecular weight excluding hydrogens is 244 g/mol. The average Bonchev–Trinajstić information content (AvgIpc) is 2.73. The largest absolute Gasteiger partial charge is 0.444 e. The second kappa shape index (κ2) is 5.26. The number of amides is 1. The fourth-order valence-corrected chi connectivity index (χ4v) is 1.27. The summed E-state index contributed by atoms with van der Waals surface area (Å²) >= 11 is 0. The van der Waals surface area contributed by atoms with Gasteiger partial charge < -0.3 is 4.74 Å². The number of benzene rings is 1. The summed E-state index contributed by atoms with van der Waals surface area (Å²) in [6.45, 7) is -0.112. The van der Waals surface area contributed by atoms with Crippen LogP contribution < -0.4 is 5.32 Å². The van der Waals surface area contributed by atoms with Crippen molar-refractivity contribution in [3.63, 3.8) is 0 Å². The lowest BCUT2D eigenvalue weighted by molar-refractivity contribution is 0.154. The van der Waals surface area contributed by atoms with Gasteiger partial charge in [-0.25, -0.2) is 13.6 Å². The number of anilines is 1. The number of hydrogen-bond acceptors (Lipinski definition) is 3. The summed E-state index contributed by atoms with van der Waals surface area (Å²) in [4.78, 5) is 11.3. The lowest BCUT2D eigenvalue weighted by Gasteiger charge is -2.05. The third-order valence-corrected chi connectivity index (χ3v) is 2.08. The summed E-state index contributed by atoms with van der Waals surface area (Å²) in [7, 11) is 0. The Balaban J connectivity index is 1.87. The molecule has 18 heavy (non-hydrogen) atoms. The van der Waals surface area contributed by atoms with E-state index in [4.69, 9.17) is 4.74 Å². The Morgan fingerprint density at radius 2 is 2.28 bits per heavy atom. The van der Waals surface area contributed by atoms with Crippen molar-refractivity contribution in [3.05, 3.63) is 47.7 Å². The zero-order chi connectivity index (χ0) is 13.0. The third kappa shape index (κ3) is 3.03. The minimum absolute atomic E-state index is 0.112. The number of hydrogen-bond donors (Lipinski definition) is 2. The van der Waals surface area contributed by atoms with Crippen molar-refractivity contribution in [2.45, 2.75) is 6.61 Å². The number of rotatable bonds is 3. The fourth-order valence-electron chi connectivity index (χ4n) is 1.27. The van der Waals surface area contributed by atoms with Crippen LogP contribution in [0.2, 0.25) is 0 Å². The summed E-state index contributed by atoms with van der Waals surface area (Å²) in [6.07, 6.45) is 0.0600. The second-order valence-electron chi connectivity index (χ2n) is 3.42. The number of halogens is 2. The molecule has 7 heteroatoms. The minimum Gasteiger partial charge on any atom is -0.444 e. The number of carbonyl (C=O) groups is 1. The van der Waals surface area contributed by atoms with Crippen molar-refractivity contribution >= 4 is 11.9 Å². The van der Waals surface area contributed by atoms with Crippen LogP contribution in [-0.4, -0.2) is 16.3 Å². The van der Waals surface area contributed by atoms with Crippen LogP contribution in [0.5, 0.6) is 0 Å². The molecule has 5 nitrogen and oxygen atoms in total. The maximum atomic E-state index is 12.9. The molecule has 0 saturated heterocycles. The summed E-state index contributed by atoms with van der Waals surface area (Å²) in [5.74, 6) is -1.30. The molecule has 0 aliphatic rings. The number of ether oxygens (including phenoxy) is 1. The van der Waals surface area contributed by atoms with Crippen molar-refractivity contribution in [3.8, 4) is 0 Å². The van der Waals surface area contributed by atoms with E-state index in [0.717, 1.165) is 6.20 Å². The highest BCUT2D eigenvalue weighted by atomic mass is 19.1. The molecule has 1 heterocycles. The number of aromatic amines is 1. The summed E-state index contributed by atoms with van der Waals surface area (Å²) in [6, 6.07) is 5.63. The van der Waals surface area contributed by atoms with Gasteiger partial charge in [-0.15, -0.1) is 0 Å². The fraction of sp³-hybridized carbons (Fsp3) is 0.0909. The van der Waals surface area contributed by atoms with Crippen molar-refractivity contribution in [2.24, 2.45) is 0 Å². The van der Waals surface area contributed by atoms with E-state index in [1.54, 1.807) is 6.07 Å². The standard InChI is InChI=1S/C11H9F2N3O2/c12-8-3-1-2-7(4-8)6-18-11(17)15-10-9(13)5-14-16-10/h1-5H,6H2,(H2,14,15,16,17). The Morgan fingerprint density at radius 3 is 2.94 bits per heavy atom. The predicted molar refractivity (Wildman–Crippen MR) is 58.8 cm³/mol. The van der Waals surface area contributed by atoms with Gasteiger partial charge in [-0.1, -0.05) is 12.1 Å². The van der Waals surface area contributed by atoms with Crippen LogP contribution in [-0.2, 0) is 11.3 Å². The smallest absolute Gasteiger partial charge is 0.413 e. The Kier molecular flexibility index (Phi) is 3.52. The molecule has 0 radical (unpaired) electrons. The van der Waals surface area contributed by atoms with Crippen LogP contribution >= 0.6 is 0 Å². The van der Waals surface area contributed by atoms with E-state index in [2.05, 4.69) is 15.5 Å². The van der Waals surface area contributed by atoms with Crippen LogP contribution in [0.25, 0.3) is 0 Å². The molecule has 1 amide bonds. The van der Waals surface area contributed by atoms with E-state index < -0.39 is 17.7 Å². The van der Waals surface area contributed by atoms with E-state index in [0.29, 0.717) is 5.56 Å². The molecular formula is C11H9F2N3O2. The zero-order valence-corrected chi connectivity index (χ0v) is 9.11. The quantitative estimate of drug-likeness (QED) is 0.882. The van der Waals surface area contributed by atoms with E-state index in [9.17, 15) is 13.6 Å². The van der Waals surface area contributed by atoms with Gasteiger partial charge in [0.25, 0.3) is 0 Å². The lowest BCUT2D eigenvalue weighted by atomic mass is 10.2. The zero-order valence-electron chi connectivity index (χ0n) is 9.11. The third-order valence-electron chi connectivity index (χ3n) is 2.08. The van der Waals surface area contributed by atoms with Crippen LogP contribution in [0.4, 0.5) is 19.4 Å². The molecule has 0 aliphatic heterocycles. The average molecular weight is 253 g/mol. The highest BCUT2D eigenvalue weighted by Crippen LogP contribution is 2.09. The summed E-state index contributed by atoms with van der Waals surface area (Å²) in [5.41, 5.74) is 0.496. The van der Waals surface area contributed by atoms with Gasteiger partial charge in [0.2, 0.25) is 0 Å². The van der Waals surface area contributed by atoms with Gasteiger partial charge in [-0.2, -0.15) is 5.10 Å². The number of nitrogens with one attached hydrogen (secondary N) is 2. The maximum Gasteiger partial charge on any atom is 0.413 e. The molecule has 0 aliphatic carbocycles. The Hall–Kier alpha value is -2.44. The first-order valence-electron chi connectivity index (χ1n) is 5.02. The van der Waals surface area contributed by atoms with E-state index in [-0.39, 0.29) is 12.4 Å². The predicted octanol–water partition coefficient (Wildman–Crippen LogP) is 2.44. The number of carbonyl (C=O) groups excluding carboxylic acids is 1. The van der Waals surface area contributed by atoms with Gasteiger partial charge >= 0.3 is 6.09 Å². The normalized spacial score (nSPS) is 10.1. The number of H-pyrrole nitrogens is 1. The van der Waals surface area contributed by atoms with Crippen molar-refractivity contribution in [1.29, 1.82) is 0 Å². The van der Waals surface area contributed by atoms with Crippen molar-refractivity contribution < 1.29 is 18.3 Å². The van der Waals surface area contributed by atoms with Gasteiger partial charge in [-0.3, -0.25) is 10.4 Å². The molecule has 0 atom stereocenters. The van der Waals surface area contributed by atoms with Gasteiger partial charge in [-0.05, 0) is 17.7 Å². The molecule has 2 rings (SSSR count). The molecule has 0 saturated carbocycles. The number of aromatic nitrogens is 2. The second-order valence-corrected chi connectivity index (χ2v) is 3.42. The van der Waals surface area contributed by atoms with Crippen LogP contribution in [0.15, 0.2) is 30.5 Å². The van der Waals surface area contributed by atoms with Crippen molar-refractivity contribution in [1.82, 2.24) is 10.2 Å². The summed E-state index contributed by atoms with van der Waals surface area (Å²) in [5, 5.41) is 7.76. The van der Waals surface area contributed by atoms with Gasteiger partial charge in [0.05, 0.1) is 6.20 Å². The Morgan fingerprint density at radius 1 is 1.44 bits per heavy atom. The SMILES string of the molecule is O=C(Nc1[nH]ncc1F)OCc1cccc(F)c1. The van der Waals surface area contributed by atoms with Crippen molar-refractivity contribution in [2.75, 3.05) is 5.32 Å². The first-order valence-corrected chi connectivity index (χ1v) is 5.02. The summed E-state index contributed by atoms with van der Waals surface area (Å²) < 4.78 is 30.5. The molecule has 0 unspecified atom stereocenters. The van der Waals surface area contributed by atoms with E-state index >= 15 is 0 Å². The van der Waals surface area contributed by atoms with Crippen LogP contribution in [0.1, 0.15) is 5.56 Å². The molecule has 2 N–H and O–H groups in total. The van der Waals surface area contributed by atoms with E-state index in [1.165, 1.54) is 18.2 Å². The topological polar surface area (TPSA) is 67.0 Å². The van der Waals surface area contributed by atoms with E-state index in [1.807, 2.05) is 0 Å². The Labute approximate surface area is 101 Å². The number of nitrogens with zero attached hydrogens (tertiary/aromatic N) is 1. The van der Waals surface area contributed by atoms with Crippen LogP contribution in [0, 0.1) is 11.6 Å². The molecule has 0 bridgehead atoms. The van der Waals surface area contributed by atoms with Gasteiger partial charge in [0.15, 0.2) is 11.6 Å². The van der Waals surface area contributed by atoms with Gasteiger partial charge in [0.1, 0.15) is 12.4 Å². The first-order chi connectivity index (χ1) is 8.65. The molecule has 94 valence electrons. The molecule has 1 aromatic heterocycles. The molecule has 0 fully saturated rings. The monoisotopic (exact) mass is 253 g/mol.